The van der Waals surface area contributed by atoms with Gasteiger partial charge >= 0.3 is 0 Å². The molecule has 4 aromatic rings. The van der Waals surface area contributed by atoms with Crippen LogP contribution in [0.5, 0.6) is 11.5 Å². The topological polar surface area (TPSA) is 98.8 Å². The Morgan fingerprint density at radius 3 is 2.22 bits per heavy atom. The third-order valence-electron chi connectivity index (χ3n) is 5.63. The number of amides is 2. The molecule has 2 aromatic carbocycles. The number of hydrogen-bond acceptors (Lipinski definition) is 6. The lowest BCUT2D eigenvalue weighted by molar-refractivity contribution is -0.117. The zero-order chi connectivity index (χ0) is 26.4. The van der Waals surface area contributed by atoms with Gasteiger partial charge in [0.1, 0.15) is 18.0 Å². The second-order valence-electron chi connectivity index (χ2n) is 8.85. The Kier molecular flexibility index (Phi) is 7.92. The van der Waals surface area contributed by atoms with Gasteiger partial charge < -0.3 is 18.8 Å². The summed E-state index contributed by atoms with van der Waals surface area (Å²) in [5.74, 6) is 1.41. The first-order valence-electron chi connectivity index (χ1n) is 11.9. The number of methoxy groups -OCH3 is 2. The Morgan fingerprint density at radius 1 is 1.00 bits per heavy atom. The van der Waals surface area contributed by atoms with Crippen LogP contribution in [0.3, 0.4) is 0 Å². The van der Waals surface area contributed by atoms with Crippen molar-refractivity contribution < 1.29 is 23.5 Å². The average Bonchev–Trinajstić information content (AvgIpc) is 3.58. The van der Waals surface area contributed by atoms with Crippen molar-refractivity contribution in [3.63, 3.8) is 0 Å². The molecular formula is C28H30N4O5. The summed E-state index contributed by atoms with van der Waals surface area (Å²) in [5, 5.41) is 2.89. The Labute approximate surface area is 215 Å². The first-order chi connectivity index (χ1) is 17.9. The number of aromatic nitrogens is 2. The molecule has 2 heterocycles. The highest BCUT2D eigenvalue weighted by atomic mass is 16.5. The number of hydrogen-bond donors (Lipinski definition) is 1. The number of carbonyl (C=O) groups is 2. The van der Waals surface area contributed by atoms with Crippen molar-refractivity contribution in [2.75, 3.05) is 32.6 Å². The van der Waals surface area contributed by atoms with E-state index in [-0.39, 0.29) is 30.0 Å². The lowest BCUT2D eigenvalue weighted by Crippen LogP contribution is -2.40. The van der Waals surface area contributed by atoms with Crippen LogP contribution in [0.1, 0.15) is 24.4 Å². The van der Waals surface area contributed by atoms with Crippen molar-refractivity contribution in [1.82, 2.24) is 14.5 Å². The van der Waals surface area contributed by atoms with Crippen molar-refractivity contribution >= 4 is 17.8 Å². The monoisotopic (exact) mass is 502 g/mol. The molecule has 0 aliphatic heterocycles. The second-order valence-corrected chi connectivity index (χ2v) is 8.85. The molecule has 0 saturated carbocycles. The van der Waals surface area contributed by atoms with Crippen LogP contribution in [0.25, 0.3) is 16.9 Å². The lowest BCUT2D eigenvalue weighted by Gasteiger charge is -2.23. The van der Waals surface area contributed by atoms with Crippen molar-refractivity contribution in [3.05, 3.63) is 78.9 Å². The molecule has 1 N–H and O–H groups in total. The van der Waals surface area contributed by atoms with Crippen molar-refractivity contribution in [3.8, 4) is 28.4 Å². The maximum Gasteiger partial charge on any atom is 0.290 e. The summed E-state index contributed by atoms with van der Waals surface area (Å²) >= 11 is 0. The highest BCUT2D eigenvalue weighted by molar-refractivity contribution is 5.97. The van der Waals surface area contributed by atoms with E-state index in [9.17, 15) is 9.59 Å². The predicted molar refractivity (Wildman–Crippen MR) is 140 cm³/mol. The molecule has 0 saturated heterocycles. The molecular weight excluding hydrogens is 472 g/mol. The zero-order valence-corrected chi connectivity index (χ0v) is 21.3. The minimum Gasteiger partial charge on any atom is -0.497 e. The molecule has 0 bridgehead atoms. The minimum absolute atomic E-state index is 0.148. The summed E-state index contributed by atoms with van der Waals surface area (Å²) in [6, 6.07) is 18.2. The van der Waals surface area contributed by atoms with Crippen LogP contribution >= 0.6 is 0 Å². The summed E-state index contributed by atoms with van der Waals surface area (Å²) in [7, 11) is 3.22. The number of nitrogens with one attached hydrogen (secondary N) is 1. The van der Waals surface area contributed by atoms with E-state index in [1.54, 1.807) is 30.9 Å². The molecule has 0 aliphatic carbocycles. The fourth-order valence-electron chi connectivity index (χ4n) is 3.86. The van der Waals surface area contributed by atoms with E-state index in [1.165, 1.54) is 11.2 Å². The van der Waals surface area contributed by atoms with Gasteiger partial charge in [-0.3, -0.25) is 19.5 Å². The van der Waals surface area contributed by atoms with Gasteiger partial charge in [0.25, 0.3) is 5.91 Å². The maximum absolute atomic E-state index is 13.2. The number of carbonyl (C=O) groups excluding carboxylic acids is 2. The largest absolute Gasteiger partial charge is 0.497 e. The van der Waals surface area contributed by atoms with E-state index in [0.717, 1.165) is 17.0 Å². The molecule has 0 unspecified atom stereocenters. The number of ether oxygens (including phenoxy) is 2. The summed E-state index contributed by atoms with van der Waals surface area (Å²) < 4.78 is 17.6. The van der Waals surface area contributed by atoms with Crippen LogP contribution in [0, 0.1) is 5.92 Å². The third-order valence-corrected chi connectivity index (χ3v) is 5.63. The van der Waals surface area contributed by atoms with E-state index < -0.39 is 0 Å². The SMILES string of the molecule is COc1ccc(-c2cn(-c3ccc(OC)cc3)c(NC(=O)CN(CC(C)C)C(=O)c3ccco3)n2)cc1. The first-order valence-corrected chi connectivity index (χ1v) is 11.9. The Hall–Kier alpha value is -4.53. The highest BCUT2D eigenvalue weighted by Gasteiger charge is 2.23. The number of imidazole rings is 1. The normalized spacial score (nSPS) is 10.8. The van der Waals surface area contributed by atoms with Crippen LogP contribution in [0.15, 0.2) is 77.5 Å². The molecule has 2 amide bonds. The summed E-state index contributed by atoms with van der Waals surface area (Å²) in [4.78, 5) is 32.3. The fourth-order valence-corrected chi connectivity index (χ4v) is 3.86. The number of anilines is 1. The van der Waals surface area contributed by atoms with Gasteiger partial charge in [-0.1, -0.05) is 13.8 Å². The van der Waals surface area contributed by atoms with E-state index in [4.69, 9.17) is 18.9 Å². The van der Waals surface area contributed by atoms with Crippen LogP contribution in [-0.2, 0) is 4.79 Å². The van der Waals surface area contributed by atoms with Gasteiger partial charge in [0.15, 0.2) is 5.76 Å². The zero-order valence-electron chi connectivity index (χ0n) is 21.3. The smallest absolute Gasteiger partial charge is 0.290 e. The standard InChI is InChI=1S/C28H30N4O5/c1-19(2)16-31(27(34)25-6-5-15-37-25)18-26(33)30-28-29-24(20-7-11-22(35-3)12-8-20)17-32(28)21-9-13-23(36-4)14-10-21/h5-15,17,19H,16,18H2,1-4H3,(H,29,30,33). The quantitative estimate of drug-likeness (QED) is 0.332. The Morgan fingerprint density at radius 2 is 1.65 bits per heavy atom. The van der Waals surface area contributed by atoms with Crippen LogP contribution in [-0.4, -0.2) is 53.6 Å². The van der Waals surface area contributed by atoms with Gasteiger partial charge in [0.05, 0.1) is 26.2 Å². The van der Waals surface area contributed by atoms with Gasteiger partial charge in [0.2, 0.25) is 11.9 Å². The molecule has 0 atom stereocenters. The second kappa shape index (κ2) is 11.5. The Bertz CT molecular complexity index is 1330. The Balaban J connectivity index is 1.62. The highest BCUT2D eigenvalue weighted by Crippen LogP contribution is 2.27. The molecule has 0 spiro atoms. The number of nitrogens with zero attached hydrogens (tertiary/aromatic N) is 3. The molecule has 37 heavy (non-hydrogen) atoms. The molecule has 2 aromatic heterocycles. The predicted octanol–water partition coefficient (Wildman–Crippen LogP) is 4.89. The molecule has 9 heteroatoms. The molecule has 0 radical (unpaired) electrons. The van der Waals surface area contributed by atoms with Gasteiger partial charge in [-0.2, -0.15) is 0 Å². The third kappa shape index (κ3) is 6.19. The lowest BCUT2D eigenvalue weighted by atomic mass is 10.1. The van der Waals surface area contributed by atoms with Crippen molar-refractivity contribution in [2.45, 2.75) is 13.8 Å². The van der Waals surface area contributed by atoms with Crippen LogP contribution in [0.2, 0.25) is 0 Å². The first kappa shape index (κ1) is 25.6. The fraction of sp³-hybridized carbons (Fsp3) is 0.250. The molecule has 192 valence electrons. The van der Waals surface area contributed by atoms with Gasteiger partial charge in [0, 0.05) is 24.0 Å². The number of furan rings is 1. The summed E-state index contributed by atoms with van der Waals surface area (Å²) in [6.07, 6.45) is 3.28. The van der Waals surface area contributed by atoms with Gasteiger partial charge in [-0.05, 0) is 66.6 Å². The molecule has 4 rings (SSSR count). The van der Waals surface area contributed by atoms with Crippen LogP contribution < -0.4 is 14.8 Å². The summed E-state index contributed by atoms with van der Waals surface area (Å²) in [6.45, 7) is 4.22. The van der Waals surface area contributed by atoms with Crippen molar-refractivity contribution in [1.29, 1.82) is 0 Å². The molecule has 0 fully saturated rings. The van der Waals surface area contributed by atoms with Crippen LogP contribution in [0.4, 0.5) is 5.95 Å². The van der Waals surface area contributed by atoms with E-state index >= 15 is 0 Å². The van der Waals surface area contributed by atoms with E-state index in [0.29, 0.717) is 23.9 Å². The number of benzene rings is 2. The minimum atomic E-state index is -0.373. The maximum atomic E-state index is 13.2. The molecule has 0 aliphatic rings. The summed E-state index contributed by atoms with van der Waals surface area (Å²) in [5.41, 5.74) is 2.31. The average molecular weight is 503 g/mol. The van der Waals surface area contributed by atoms with Crippen molar-refractivity contribution in [2.24, 2.45) is 5.92 Å². The molecule has 9 nitrogen and oxygen atoms in total. The van der Waals surface area contributed by atoms with E-state index in [1.807, 2.05) is 68.6 Å². The van der Waals surface area contributed by atoms with E-state index in [2.05, 4.69) is 5.32 Å². The number of rotatable bonds is 10. The van der Waals surface area contributed by atoms with Gasteiger partial charge in [-0.15, -0.1) is 0 Å². The van der Waals surface area contributed by atoms with Gasteiger partial charge in [-0.25, -0.2) is 4.98 Å².